The average Bonchev–Trinajstić information content (AvgIpc) is 3.44. The summed E-state index contributed by atoms with van der Waals surface area (Å²) in [4.78, 5) is 24.7. The molecule has 12 heteroatoms. The van der Waals surface area contributed by atoms with Gasteiger partial charge in [-0.3, -0.25) is 10.1 Å². The van der Waals surface area contributed by atoms with Crippen molar-refractivity contribution in [3.8, 4) is 11.1 Å². The van der Waals surface area contributed by atoms with Crippen LogP contribution in [0.25, 0.3) is 16.8 Å². The molecule has 1 N–H and O–H groups in total. The lowest BCUT2D eigenvalue weighted by Gasteiger charge is -2.31. The lowest BCUT2D eigenvalue weighted by atomic mass is 10.0. The van der Waals surface area contributed by atoms with Crippen LogP contribution in [0.15, 0.2) is 36.5 Å². The topological polar surface area (TPSA) is 118 Å². The van der Waals surface area contributed by atoms with Crippen LogP contribution in [0.2, 0.25) is 0 Å². The molecule has 34 heavy (non-hydrogen) atoms. The second kappa shape index (κ2) is 8.86. The molecule has 0 spiro atoms. The van der Waals surface area contributed by atoms with Crippen molar-refractivity contribution < 1.29 is 4.92 Å². The Kier molecular flexibility index (Phi) is 5.74. The van der Waals surface area contributed by atoms with E-state index < -0.39 is 0 Å². The van der Waals surface area contributed by atoms with E-state index in [9.17, 15) is 10.1 Å². The number of nitro benzene ring substituents is 1. The van der Waals surface area contributed by atoms with Crippen molar-refractivity contribution in [1.82, 2.24) is 24.0 Å². The van der Waals surface area contributed by atoms with Crippen molar-refractivity contribution in [2.75, 3.05) is 42.3 Å². The molecule has 3 aromatic heterocycles. The molecular weight excluding hydrogens is 454 g/mol. The second-order valence-electron chi connectivity index (χ2n) is 8.51. The maximum atomic E-state index is 11.7. The zero-order valence-electron chi connectivity index (χ0n) is 19.2. The Morgan fingerprint density at radius 2 is 1.97 bits per heavy atom. The van der Waals surface area contributed by atoms with Gasteiger partial charge in [0.25, 0.3) is 5.69 Å². The summed E-state index contributed by atoms with van der Waals surface area (Å²) in [5.41, 5.74) is 2.67. The molecule has 1 aliphatic rings. The molecule has 1 aromatic carbocycles. The van der Waals surface area contributed by atoms with Gasteiger partial charge in [0, 0.05) is 68.3 Å². The quantitative estimate of drug-likeness (QED) is 0.327. The van der Waals surface area contributed by atoms with Crippen molar-refractivity contribution in [3.05, 3.63) is 52.5 Å². The van der Waals surface area contributed by atoms with E-state index in [1.807, 2.05) is 44.1 Å². The van der Waals surface area contributed by atoms with Gasteiger partial charge in [0.05, 0.1) is 10.5 Å². The molecule has 1 saturated heterocycles. The molecule has 11 nitrogen and oxygen atoms in total. The molecule has 1 aliphatic heterocycles. The normalized spacial score (nSPS) is 14.5. The number of aromatic nitrogens is 5. The summed E-state index contributed by atoms with van der Waals surface area (Å²) in [7, 11) is 3.81. The number of nitrogens with one attached hydrogen (secondary N) is 1. The van der Waals surface area contributed by atoms with Crippen molar-refractivity contribution in [2.24, 2.45) is 0 Å². The first-order valence-electron chi connectivity index (χ1n) is 11.0. The van der Waals surface area contributed by atoms with Crippen LogP contribution in [0.5, 0.6) is 0 Å². The van der Waals surface area contributed by atoms with Crippen LogP contribution in [0.1, 0.15) is 18.7 Å². The Balaban J connectivity index is 1.40. The number of nitro groups is 1. The molecule has 5 rings (SSSR count). The largest absolute Gasteiger partial charge is 0.378 e. The molecule has 0 saturated carbocycles. The van der Waals surface area contributed by atoms with Gasteiger partial charge in [0.2, 0.25) is 11.1 Å². The van der Waals surface area contributed by atoms with Gasteiger partial charge in [-0.25, -0.2) is 9.50 Å². The van der Waals surface area contributed by atoms with E-state index >= 15 is 0 Å². The summed E-state index contributed by atoms with van der Waals surface area (Å²) < 4.78 is 5.94. The lowest BCUT2D eigenvalue weighted by Crippen LogP contribution is -2.39. The number of pyridine rings is 1. The Morgan fingerprint density at radius 1 is 1.18 bits per heavy atom. The van der Waals surface area contributed by atoms with E-state index in [0.29, 0.717) is 22.7 Å². The van der Waals surface area contributed by atoms with Gasteiger partial charge in [0.15, 0.2) is 5.65 Å². The first kappa shape index (κ1) is 22.0. The highest BCUT2D eigenvalue weighted by molar-refractivity contribution is 7.09. The van der Waals surface area contributed by atoms with Gasteiger partial charge < -0.3 is 15.1 Å². The van der Waals surface area contributed by atoms with E-state index in [1.165, 1.54) is 17.6 Å². The van der Waals surface area contributed by atoms with Gasteiger partial charge >= 0.3 is 0 Å². The van der Waals surface area contributed by atoms with Crippen LogP contribution >= 0.6 is 11.5 Å². The highest BCUT2D eigenvalue weighted by Gasteiger charge is 2.24. The first-order valence-corrected chi connectivity index (χ1v) is 11.8. The third kappa shape index (κ3) is 4.23. The van der Waals surface area contributed by atoms with E-state index in [2.05, 4.69) is 24.7 Å². The van der Waals surface area contributed by atoms with Crippen molar-refractivity contribution in [1.29, 1.82) is 0 Å². The monoisotopic (exact) mass is 479 g/mol. The number of nitrogens with zero attached hydrogens (tertiary/aromatic N) is 8. The fourth-order valence-corrected chi connectivity index (χ4v) is 4.89. The summed E-state index contributed by atoms with van der Waals surface area (Å²) in [5, 5.41) is 20.7. The van der Waals surface area contributed by atoms with E-state index in [0.717, 1.165) is 42.6 Å². The summed E-state index contributed by atoms with van der Waals surface area (Å²) in [5.74, 6) is 1.32. The number of rotatable bonds is 6. The zero-order chi connectivity index (χ0) is 23.8. The number of hydrogen-bond donors (Lipinski definition) is 1. The molecule has 4 aromatic rings. The molecule has 1 fully saturated rings. The van der Waals surface area contributed by atoms with Crippen molar-refractivity contribution in [3.63, 3.8) is 0 Å². The van der Waals surface area contributed by atoms with Gasteiger partial charge in [-0.2, -0.15) is 9.36 Å². The number of aryl methyl sites for hydroxylation is 1. The molecule has 0 radical (unpaired) electrons. The van der Waals surface area contributed by atoms with Gasteiger partial charge in [-0.15, -0.1) is 5.10 Å². The summed E-state index contributed by atoms with van der Waals surface area (Å²) in [6.45, 7) is 3.67. The molecule has 4 heterocycles. The molecular formula is C22H25N9O2S. The number of piperidine rings is 1. The maximum Gasteiger partial charge on any atom is 0.277 e. The van der Waals surface area contributed by atoms with Gasteiger partial charge in [-0.05, 0) is 44.0 Å². The number of anilines is 3. The summed E-state index contributed by atoms with van der Waals surface area (Å²) in [6, 6.07) is 9.01. The van der Waals surface area contributed by atoms with Crippen LogP contribution in [-0.4, -0.2) is 62.1 Å². The number of benzene rings is 1. The minimum Gasteiger partial charge on any atom is -0.378 e. The zero-order valence-corrected chi connectivity index (χ0v) is 20.0. The molecule has 176 valence electrons. The molecule has 0 amide bonds. The maximum absolute atomic E-state index is 11.7. The Hall–Kier alpha value is -3.80. The molecule has 0 aliphatic carbocycles. The minimum absolute atomic E-state index is 0.0375. The Labute approximate surface area is 200 Å². The van der Waals surface area contributed by atoms with Crippen LogP contribution in [-0.2, 0) is 0 Å². The van der Waals surface area contributed by atoms with Gasteiger partial charge in [-0.1, -0.05) is 0 Å². The van der Waals surface area contributed by atoms with Crippen LogP contribution in [0.3, 0.4) is 0 Å². The average molecular weight is 480 g/mol. The Morgan fingerprint density at radius 3 is 2.65 bits per heavy atom. The van der Waals surface area contributed by atoms with E-state index in [1.54, 1.807) is 16.8 Å². The predicted molar refractivity (Wildman–Crippen MR) is 133 cm³/mol. The number of fused-ring (bicyclic) bond motifs is 1. The Bertz CT molecular complexity index is 1340. The minimum atomic E-state index is -0.360. The van der Waals surface area contributed by atoms with Crippen LogP contribution in [0.4, 0.5) is 22.5 Å². The summed E-state index contributed by atoms with van der Waals surface area (Å²) >= 11 is 1.43. The predicted octanol–water partition coefficient (Wildman–Crippen LogP) is 3.61. The fourth-order valence-electron chi connectivity index (χ4n) is 4.17. The lowest BCUT2D eigenvalue weighted by molar-refractivity contribution is -0.384. The van der Waals surface area contributed by atoms with Crippen LogP contribution in [0, 0.1) is 17.0 Å². The highest BCUT2D eigenvalue weighted by atomic mass is 32.1. The van der Waals surface area contributed by atoms with Gasteiger partial charge in [0.1, 0.15) is 5.82 Å². The summed E-state index contributed by atoms with van der Waals surface area (Å²) in [6.07, 6.45) is 3.66. The molecule has 0 atom stereocenters. The first-order chi connectivity index (χ1) is 16.4. The van der Waals surface area contributed by atoms with E-state index in [-0.39, 0.29) is 16.7 Å². The third-order valence-electron chi connectivity index (χ3n) is 5.96. The standard InChI is InChI=1S/C22H25N9O2S/c1-14-23-22(34-27-14)29-11-8-15(9-12-29)24-21-25-20-17(5-4-10-30(20)26-21)18-13-16(28(2)3)6-7-19(18)31(32)33/h4-7,10,13,15H,8-9,11-12H2,1-3H3,(H,24,26). The fraction of sp³-hybridized carbons (Fsp3) is 0.364. The second-order valence-corrected chi connectivity index (χ2v) is 9.24. The van der Waals surface area contributed by atoms with E-state index in [4.69, 9.17) is 4.98 Å². The van der Waals surface area contributed by atoms with Crippen molar-refractivity contribution >= 4 is 39.6 Å². The van der Waals surface area contributed by atoms with Crippen molar-refractivity contribution in [2.45, 2.75) is 25.8 Å². The molecule has 0 unspecified atom stereocenters. The third-order valence-corrected chi connectivity index (χ3v) is 6.83. The SMILES string of the molecule is Cc1nsc(N2CCC(Nc3nc4c(-c5cc(N(C)C)ccc5[N+](=O)[O-])cccn4n3)CC2)n1. The highest BCUT2D eigenvalue weighted by Crippen LogP contribution is 2.35. The number of hydrogen-bond acceptors (Lipinski definition) is 10. The molecule has 0 bridgehead atoms. The smallest absolute Gasteiger partial charge is 0.277 e. The van der Waals surface area contributed by atoms with Crippen LogP contribution < -0.4 is 15.1 Å².